The molecule has 0 saturated carbocycles. The maximum absolute atomic E-state index is 13.6. The van der Waals surface area contributed by atoms with Crippen molar-refractivity contribution < 1.29 is 27.8 Å². The van der Waals surface area contributed by atoms with Gasteiger partial charge in [0.1, 0.15) is 11.3 Å². The third-order valence-electron chi connectivity index (χ3n) is 5.59. The van der Waals surface area contributed by atoms with Crippen LogP contribution in [0.4, 0.5) is 5.69 Å². The van der Waals surface area contributed by atoms with Crippen LogP contribution in [0.5, 0.6) is 5.75 Å². The highest BCUT2D eigenvalue weighted by molar-refractivity contribution is 7.92. The molecule has 1 aliphatic rings. The number of carboxylic acids is 1. The van der Waals surface area contributed by atoms with Gasteiger partial charge < -0.3 is 14.6 Å². The summed E-state index contributed by atoms with van der Waals surface area (Å²) < 4.78 is 41.1. The van der Waals surface area contributed by atoms with Crippen molar-refractivity contribution in [1.82, 2.24) is 9.78 Å². The van der Waals surface area contributed by atoms with Crippen molar-refractivity contribution in [1.29, 1.82) is 0 Å². The Kier molecular flexibility index (Phi) is 7.45. The summed E-state index contributed by atoms with van der Waals surface area (Å²) in [5.74, 6) is -0.748. The number of ether oxygens (including phenoxy) is 2. The monoisotopic (exact) mass is 465 g/mol. The van der Waals surface area contributed by atoms with Crippen LogP contribution in [0.2, 0.25) is 0 Å². The largest absolute Gasteiger partial charge is 0.492 e. The van der Waals surface area contributed by atoms with Crippen molar-refractivity contribution in [3.63, 3.8) is 0 Å². The quantitative estimate of drug-likeness (QED) is 0.606. The summed E-state index contributed by atoms with van der Waals surface area (Å²) in [5.41, 5.74) is 0.993. The molecule has 0 unspecified atom stereocenters. The molecule has 0 aliphatic carbocycles. The van der Waals surface area contributed by atoms with Gasteiger partial charge in [-0.25, -0.2) is 13.2 Å². The van der Waals surface area contributed by atoms with Crippen molar-refractivity contribution >= 4 is 21.7 Å². The summed E-state index contributed by atoms with van der Waals surface area (Å²) in [6, 6.07) is 4.01. The average molecular weight is 466 g/mol. The van der Waals surface area contributed by atoms with Crippen LogP contribution in [0.15, 0.2) is 29.3 Å². The zero-order chi connectivity index (χ0) is 23.5. The molecule has 3 rings (SSSR count). The zero-order valence-corrected chi connectivity index (χ0v) is 19.8. The topological polar surface area (TPSA) is 111 Å². The number of sulfonamides is 1. The Hall–Kier alpha value is -2.59. The molecule has 2 heterocycles. The lowest BCUT2D eigenvalue weighted by atomic mass is 10.0. The molecule has 1 aromatic heterocycles. The molecule has 0 spiro atoms. The molecule has 1 fully saturated rings. The van der Waals surface area contributed by atoms with Crippen LogP contribution in [0.25, 0.3) is 0 Å². The van der Waals surface area contributed by atoms with Gasteiger partial charge in [-0.1, -0.05) is 13.8 Å². The predicted molar refractivity (Wildman–Crippen MR) is 120 cm³/mol. The first kappa shape index (κ1) is 24.1. The molecule has 9 nitrogen and oxygen atoms in total. The van der Waals surface area contributed by atoms with Gasteiger partial charge in [0, 0.05) is 26.8 Å². The second-order valence-corrected chi connectivity index (χ2v) is 10.4. The molecule has 1 N–H and O–H groups in total. The molecule has 32 heavy (non-hydrogen) atoms. The SMILES string of the molecule is Cc1c(N(CC(C)C)S(=O)(=O)c2ccc(OCC3CCOCC3)c(C(=O)O)c2)cnn1C. The lowest BCUT2D eigenvalue weighted by Crippen LogP contribution is -2.34. The Morgan fingerprint density at radius 2 is 2.03 bits per heavy atom. The minimum Gasteiger partial charge on any atom is -0.492 e. The van der Waals surface area contributed by atoms with E-state index in [1.165, 1.54) is 28.7 Å². The maximum Gasteiger partial charge on any atom is 0.339 e. The van der Waals surface area contributed by atoms with E-state index in [1.807, 2.05) is 13.8 Å². The lowest BCUT2D eigenvalue weighted by Gasteiger charge is -2.26. The van der Waals surface area contributed by atoms with Gasteiger partial charge in [0.25, 0.3) is 10.0 Å². The fourth-order valence-corrected chi connectivity index (χ4v) is 5.29. The van der Waals surface area contributed by atoms with Gasteiger partial charge >= 0.3 is 5.97 Å². The van der Waals surface area contributed by atoms with Gasteiger partial charge in [-0.2, -0.15) is 5.10 Å². The van der Waals surface area contributed by atoms with Gasteiger partial charge in [-0.3, -0.25) is 8.99 Å². The molecule has 176 valence electrons. The van der Waals surface area contributed by atoms with Crippen LogP contribution in [-0.4, -0.2) is 55.6 Å². The number of aromatic carboxylic acids is 1. The first-order valence-electron chi connectivity index (χ1n) is 10.7. The Bertz CT molecular complexity index is 1060. The summed E-state index contributed by atoms with van der Waals surface area (Å²) in [5, 5.41) is 13.9. The summed E-state index contributed by atoms with van der Waals surface area (Å²) in [6.45, 7) is 7.56. The standard InChI is InChI=1S/C22H31N3O6S/c1-15(2)13-25(20-12-23-24(4)16(20)3)32(28,29)18-5-6-21(19(11-18)22(26)27)31-14-17-7-9-30-10-8-17/h5-6,11-12,15,17H,7-10,13-14H2,1-4H3,(H,26,27). The van der Waals surface area contributed by atoms with E-state index in [4.69, 9.17) is 9.47 Å². The van der Waals surface area contributed by atoms with Crippen LogP contribution in [0.3, 0.4) is 0 Å². The molecular weight excluding hydrogens is 434 g/mol. The van der Waals surface area contributed by atoms with Crippen LogP contribution < -0.4 is 9.04 Å². The third kappa shape index (κ3) is 5.24. The Balaban J connectivity index is 1.94. The number of hydrogen-bond donors (Lipinski definition) is 1. The summed E-state index contributed by atoms with van der Waals surface area (Å²) in [6.07, 6.45) is 3.21. The summed E-state index contributed by atoms with van der Waals surface area (Å²) in [4.78, 5) is 11.8. The second kappa shape index (κ2) is 9.91. The lowest BCUT2D eigenvalue weighted by molar-refractivity contribution is 0.0490. The van der Waals surface area contributed by atoms with E-state index in [0.717, 1.165) is 12.8 Å². The van der Waals surface area contributed by atoms with E-state index in [9.17, 15) is 18.3 Å². The molecule has 0 amide bonds. The first-order chi connectivity index (χ1) is 15.1. The number of benzene rings is 1. The van der Waals surface area contributed by atoms with Gasteiger partial charge in [0.15, 0.2) is 0 Å². The van der Waals surface area contributed by atoms with Crippen molar-refractivity contribution in [3.05, 3.63) is 35.7 Å². The van der Waals surface area contributed by atoms with Crippen LogP contribution >= 0.6 is 0 Å². The van der Waals surface area contributed by atoms with Gasteiger partial charge in [-0.05, 0) is 49.8 Å². The van der Waals surface area contributed by atoms with E-state index in [-0.39, 0.29) is 34.6 Å². The number of carbonyl (C=O) groups is 1. The van der Waals surface area contributed by atoms with E-state index >= 15 is 0 Å². The molecule has 1 aromatic carbocycles. The van der Waals surface area contributed by atoms with Crippen molar-refractivity contribution in [3.8, 4) is 5.75 Å². The minimum atomic E-state index is -4.02. The minimum absolute atomic E-state index is 0.0467. The fraction of sp³-hybridized carbons (Fsp3) is 0.545. The highest BCUT2D eigenvalue weighted by atomic mass is 32.2. The smallest absolute Gasteiger partial charge is 0.339 e. The van der Waals surface area contributed by atoms with Crippen molar-refractivity contribution in [2.45, 2.75) is 38.5 Å². The van der Waals surface area contributed by atoms with Crippen LogP contribution in [0, 0.1) is 18.8 Å². The van der Waals surface area contributed by atoms with Crippen molar-refractivity contribution in [2.75, 3.05) is 30.7 Å². The predicted octanol–water partition coefficient (Wildman–Crippen LogP) is 3.08. The second-order valence-electron chi connectivity index (χ2n) is 8.50. The molecule has 2 aromatic rings. The highest BCUT2D eigenvalue weighted by Crippen LogP contribution is 2.30. The molecule has 0 bridgehead atoms. The Morgan fingerprint density at radius 1 is 1.34 bits per heavy atom. The summed E-state index contributed by atoms with van der Waals surface area (Å²) in [7, 11) is -2.28. The molecule has 0 radical (unpaired) electrons. The normalized spacial score (nSPS) is 15.2. The fourth-order valence-electron chi connectivity index (χ4n) is 3.60. The van der Waals surface area contributed by atoms with Crippen LogP contribution in [-0.2, 0) is 21.8 Å². The number of nitrogens with zero attached hydrogens (tertiary/aromatic N) is 3. The Labute approximate surface area is 189 Å². The van der Waals surface area contributed by atoms with Gasteiger partial charge in [-0.15, -0.1) is 0 Å². The van der Waals surface area contributed by atoms with Gasteiger partial charge in [0.2, 0.25) is 0 Å². The van der Waals surface area contributed by atoms with E-state index in [1.54, 1.807) is 18.7 Å². The molecular formula is C22H31N3O6S. The molecule has 10 heteroatoms. The van der Waals surface area contributed by atoms with Crippen LogP contribution in [0.1, 0.15) is 42.7 Å². The molecule has 0 atom stereocenters. The zero-order valence-electron chi connectivity index (χ0n) is 18.9. The number of aromatic nitrogens is 2. The number of aryl methyl sites for hydroxylation is 1. The Morgan fingerprint density at radius 3 is 2.59 bits per heavy atom. The number of rotatable bonds is 9. The maximum atomic E-state index is 13.6. The summed E-state index contributed by atoms with van der Waals surface area (Å²) >= 11 is 0. The number of carboxylic acid groups (broad SMARTS) is 1. The molecule has 1 saturated heterocycles. The number of hydrogen-bond acceptors (Lipinski definition) is 6. The highest BCUT2D eigenvalue weighted by Gasteiger charge is 2.30. The molecule has 1 aliphatic heterocycles. The van der Waals surface area contributed by atoms with E-state index < -0.39 is 16.0 Å². The first-order valence-corrected chi connectivity index (χ1v) is 12.1. The van der Waals surface area contributed by atoms with Gasteiger partial charge in [0.05, 0.1) is 29.1 Å². The van der Waals surface area contributed by atoms with E-state index in [0.29, 0.717) is 31.2 Å². The third-order valence-corrected chi connectivity index (χ3v) is 7.37. The average Bonchev–Trinajstić information content (AvgIpc) is 3.09. The number of anilines is 1. The van der Waals surface area contributed by atoms with Crippen molar-refractivity contribution in [2.24, 2.45) is 18.9 Å². The van der Waals surface area contributed by atoms with E-state index in [2.05, 4.69) is 5.10 Å².